The Bertz CT molecular complexity index is 433. The van der Waals surface area contributed by atoms with E-state index in [4.69, 9.17) is 9.84 Å². The number of aliphatic carboxylic acids is 1. The molecule has 19 heavy (non-hydrogen) atoms. The van der Waals surface area contributed by atoms with Gasteiger partial charge in [-0.3, -0.25) is 4.79 Å². The maximum Gasteiger partial charge on any atom is 0.304 e. The Morgan fingerprint density at radius 3 is 3.00 bits per heavy atom. The highest BCUT2D eigenvalue weighted by molar-refractivity contribution is 5.66. The third-order valence-electron chi connectivity index (χ3n) is 3.73. The van der Waals surface area contributed by atoms with Gasteiger partial charge in [-0.1, -0.05) is 18.2 Å². The molecule has 1 aromatic rings. The molecule has 1 fully saturated rings. The van der Waals surface area contributed by atoms with Crippen LogP contribution in [0.5, 0.6) is 5.75 Å². The largest absolute Gasteiger partial charge is 0.496 e. The van der Waals surface area contributed by atoms with Gasteiger partial charge in [0.05, 0.1) is 13.5 Å². The van der Waals surface area contributed by atoms with Gasteiger partial charge in [-0.2, -0.15) is 0 Å². The molecule has 1 aliphatic heterocycles. The van der Waals surface area contributed by atoms with Crippen molar-refractivity contribution >= 4 is 5.97 Å². The van der Waals surface area contributed by atoms with Crippen LogP contribution in [-0.2, 0) is 4.79 Å². The fourth-order valence-corrected chi connectivity index (χ4v) is 2.77. The second-order valence-corrected chi connectivity index (χ2v) is 5.03. The number of nitrogens with zero attached hydrogens (tertiary/aromatic N) is 1. The van der Waals surface area contributed by atoms with Crippen LogP contribution in [0.25, 0.3) is 0 Å². The zero-order chi connectivity index (χ0) is 13.7. The molecule has 1 heterocycles. The van der Waals surface area contributed by atoms with Gasteiger partial charge in [-0.15, -0.1) is 0 Å². The molecule has 2 rings (SSSR count). The smallest absolute Gasteiger partial charge is 0.304 e. The van der Waals surface area contributed by atoms with Gasteiger partial charge in [0.25, 0.3) is 0 Å². The van der Waals surface area contributed by atoms with E-state index in [2.05, 4.69) is 11.0 Å². The number of rotatable bonds is 5. The number of hydrogen-bond donors (Lipinski definition) is 1. The van der Waals surface area contributed by atoms with Crippen LogP contribution < -0.4 is 4.74 Å². The normalized spacial score (nSPS) is 20.2. The van der Waals surface area contributed by atoms with Gasteiger partial charge in [-0.25, -0.2) is 0 Å². The first kappa shape index (κ1) is 13.9. The third-order valence-corrected chi connectivity index (χ3v) is 3.73. The molecule has 0 bridgehead atoms. The Labute approximate surface area is 114 Å². The average molecular weight is 263 g/mol. The molecule has 1 atom stereocenters. The first-order valence-electron chi connectivity index (χ1n) is 6.77. The third kappa shape index (κ3) is 3.70. The predicted molar refractivity (Wildman–Crippen MR) is 73.7 cm³/mol. The number of carbonyl (C=O) groups is 1. The summed E-state index contributed by atoms with van der Waals surface area (Å²) in [4.78, 5) is 12.9. The number of ether oxygens (including phenoxy) is 1. The highest BCUT2D eigenvalue weighted by Crippen LogP contribution is 2.32. The van der Waals surface area contributed by atoms with E-state index >= 15 is 0 Å². The molecule has 4 heteroatoms. The second kappa shape index (κ2) is 6.57. The lowest BCUT2D eigenvalue weighted by atomic mass is 9.90. The zero-order valence-corrected chi connectivity index (χ0v) is 11.3. The minimum atomic E-state index is -0.723. The van der Waals surface area contributed by atoms with E-state index in [0.717, 1.165) is 31.7 Å². The Kier molecular flexibility index (Phi) is 4.80. The first-order valence-corrected chi connectivity index (χ1v) is 6.77. The van der Waals surface area contributed by atoms with Crippen LogP contribution in [0.1, 0.15) is 30.7 Å². The Morgan fingerprint density at radius 2 is 2.26 bits per heavy atom. The van der Waals surface area contributed by atoms with Crippen LogP contribution in [0.3, 0.4) is 0 Å². The molecule has 0 spiro atoms. The molecule has 1 N–H and O–H groups in total. The Balaban J connectivity index is 2.02. The second-order valence-electron chi connectivity index (χ2n) is 5.03. The summed E-state index contributed by atoms with van der Waals surface area (Å²) in [7, 11) is 1.70. The van der Waals surface area contributed by atoms with E-state index in [1.165, 1.54) is 5.56 Å². The van der Waals surface area contributed by atoms with Crippen LogP contribution in [0.4, 0.5) is 0 Å². The predicted octanol–water partition coefficient (Wildman–Crippen LogP) is 2.35. The molecule has 1 aliphatic rings. The van der Waals surface area contributed by atoms with Crippen LogP contribution in [0.2, 0.25) is 0 Å². The number of piperidine rings is 1. The monoisotopic (exact) mass is 263 g/mol. The quantitative estimate of drug-likeness (QED) is 0.886. The fourth-order valence-electron chi connectivity index (χ4n) is 2.77. The first-order chi connectivity index (χ1) is 9.20. The van der Waals surface area contributed by atoms with Crippen molar-refractivity contribution in [2.24, 2.45) is 0 Å². The summed E-state index contributed by atoms with van der Waals surface area (Å²) in [6.07, 6.45) is 2.48. The number of benzene rings is 1. The summed E-state index contributed by atoms with van der Waals surface area (Å²) in [5.74, 6) is 0.658. The minimum absolute atomic E-state index is 0.221. The molecule has 1 saturated heterocycles. The lowest BCUT2D eigenvalue weighted by Gasteiger charge is -2.33. The van der Waals surface area contributed by atoms with E-state index in [9.17, 15) is 4.79 Å². The maximum absolute atomic E-state index is 10.6. The lowest BCUT2D eigenvalue weighted by Crippen LogP contribution is -2.35. The van der Waals surface area contributed by atoms with Crippen molar-refractivity contribution in [2.45, 2.75) is 25.2 Å². The highest BCUT2D eigenvalue weighted by atomic mass is 16.5. The number of carboxylic acid groups (broad SMARTS) is 1. The molecule has 1 unspecified atom stereocenters. The van der Waals surface area contributed by atoms with E-state index in [0.29, 0.717) is 12.5 Å². The summed E-state index contributed by atoms with van der Waals surface area (Å²) >= 11 is 0. The van der Waals surface area contributed by atoms with Crippen molar-refractivity contribution in [3.8, 4) is 5.75 Å². The van der Waals surface area contributed by atoms with E-state index in [-0.39, 0.29) is 6.42 Å². The van der Waals surface area contributed by atoms with Crippen LogP contribution >= 0.6 is 0 Å². The average Bonchev–Trinajstić information content (AvgIpc) is 2.45. The van der Waals surface area contributed by atoms with Gasteiger partial charge in [0.2, 0.25) is 0 Å². The van der Waals surface area contributed by atoms with Crippen LogP contribution in [0, 0.1) is 0 Å². The van der Waals surface area contributed by atoms with Crippen molar-refractivity contribution in [1.82, 2.24) is 4.90 Å². The summed E-state index contributed by atoms with van der Waals surface area (Å²) < 4.78 is 5.42. The maximum atomic E-state index is 10.6. The number of methoxy groups -OCH3 is 1. The van der Waals surface area contributed by atoms with Crippen molar-refractivity contribution in [2.75, 3.05) is 26.7 Å². The highest BCUT2D eigenvalue weighted by Gasteiger charge is 2.23. The molecule has 0 amide bonds. The summed E-state index contributed by atoms with van der Waals surface area (Å²) in [5.41, 5.74) is 1.24. The molecule has 0 aromatic heterocycles. The lowest BCUT2D eigenvalue weighted by molar-refractivity contribution is -0.137. The number of para-hydroxylation sites is 1. The van der Waals surface area contributed by atoms with Crippen LogP contribution in [0.15, 0.2) is 24.3 Å². The number of likely N-dealkylation sites (tertiary alicyclic amines) is 1. The van der Waals surface area contributed by atoms with Crippen LogP contribution in [-0.4, -0.2) is 42.7 Å². The van der Waals surface area contributed by atoms with E-state index < -0.39 is 5.97 Å². The van der Waals surface area contributed by atoms with Crippen molar-refractivity contribution in [1.29, 1.82) is 0 Å². The van der Waals surface area contributed by atoms with Crippen molar-refractivity contribution in [3.63, 3.8) is 0 Å². The van der Waals surface area contributed by atoms with Gasteiger partial charge in [-0.05, 0) is 31.0 Å². The Hall–Kier alpha value is -1.55. The summed E-state index contributed by atoms with van der Waals surface area (Å²) in [6.45, 7) is 2.56. The van der Waals surface area contributed by atoms with E-state index in [1.807, 2.05) is 18.2 Å². The molecule has 104 valence electrons. The standard InChI is InChI=1S/C15H21NO3/c1-19-14-7-3-2-6-13(14)12-5-4-9-16(11-12)10-8-15(17)18/h2-3,6-7,12H,4-5,8-11H2,1H3,(H,17,18). The topological polar surface area (TPSA) is 49.8 Å². The molecule has 1 aromatic carbocycles. The SMILES string of the molecule is COc1ccccc1C1CCCN(CCC(=O)O)C1. The van der Waals surface area contributed by atoms with Gasteiger partial charge >= 0.3 is 5.97 Å². The van der Waals surface area contributed by atoms with Gasteiger partial charge < -0.3 is 14.7 Å². The number of hydrogen-bond acceptors (Lipinski definition) is 3. The molecule has 0 saturated carbocycles. The summed E-state index contributed by atoms with van der Waals surface area (Å²) in [5, 5.41) is 8.76. The molecular formula is C15H21NO3. The van der Waals surface area contributed by atoms with Crippen molar-refractivity contribution < 1.29 is 14.6 Å². The molecular weight excluding hydrogens is 242 g/mol. The molecule has 0 radical (unpaired) electrons. The summed E-state index contributed by atoms with van der Waals surface area (Å²) in [6, 6.07) is 8.12. The van der Waals surface area contributed by atoms with Gasteiger partial charge in [0.15, 0.2) is 0 Å². The molecule has 4 nitrogen and oxygen atoms in total. The van der Waals surface area contributed by atoms with Gasteiger partial charge in [0.1, 0.15) is 5.75 Å². The zero-order valence-electron chi connectivity index (χ0n) is 11.3. The van der Waals surface area contributed by atoms with Crippen molar-refractivity contribution in [3.05, 3.63) is 29.8 Å². The van der Waals surface area contributed by atoms with E-state index in [1.54, 1.807) is 7.11 Å². The number of carboxylic acids is 1. The Morgan fingerprint density at radius 1 is 1.47 bits per heavy atom. The van der Waals surface area contributed by atoms with Gasteiger partial charge in [0, 0.05) is 19.0 Å². The molecule has 0 aliphatic carbocycles. The minimum Gasteiger partial charge on any atom is -0.496 e. The fraction of sp³-hybridized carbons (Fsp3) is 0.533.